The zero-order chi connectivity index (χ0) is 17.6. The third-order valence-electron chi connectivity index (χ3n) is 3.67. The van der Waals surface area contributed by atoms with Gasteiger partial charge in [0.1, 0.15) is 5.82 Å². The summed E-state index contributed by atoms with van der Waals surface area (Å²) in [6.45, 7) is 6.67. The number of imidazole rings is 1. The molecule has 0 aliphatic rings. The van der Waals surface area contributed by atoms with E-state index in [1.54, 1.807) is 0 Å². The third kappa shape index (κ3) is 5.37. The van der Waals surface area contributed by atoms with E-state index >= 15 is 0 Å². The fourth-order valence-corrected chi connectivity index (χ4v) is 2.25. The lowest BCUT2D eigenvalue weighted by Crippen LogP contribution is -2.35. The molecule has 1 aromatic carbocycles. The van der Waals surface area contributed by atoms with E-state index in [1.807, 2.05) is 45.0 Å². The first-order valence-corrected chi connectivity index (χ1v) is 8.35. The lowest BCUT2D eigenvalue weighted by molar-refractivity contribution is -0.128. The number of H-pyrrole nitrogens is 1. The summed E-state index contributed by atoms with van der Waals surface area (Å²) in [5.74, 6) is 0.873. The van der Waals surface area contributed by atoms with Crippen LogP contribution in [-0.4, -0.2) is 34.9 Å². The van der Waals surface area contributed by atoms with E-state index in [4.69, 9.17) is 0 Å². The van der Waals surface area contributed by atoms with E-state index in [0.717, 1.165) is 16.9 Å². The highest BCUT2D eigenvalue weighted by atomic mass is 16.2. The molecule has 0 unspecified atom stereocenters. The Hall–Kier alpha value is -2.37. The molecule has 0 fully saturated rings. The first kappa shape index (κ1) is 18.0. The Kier molecular flexibility index (Phi) is 5.95. The highest BCUT2D eigenvalue weighted by molar-refractivity contribution is 5.81. The Balaban J connectivity index is 1.62. The Morgan fingerprint density at radius 1 is 1.12 bits per heavy atom. The second kappa shape index (κ2) is 7.95. The number of aromatic amines is 1. The van der Waals surface area contributed by atoms with Crippen molar-refractivity contribution in [3.63, 3.8) is 0 Å². The van der Waals surface area contributed by atoms with Crippen LogP contribution in [0.5, 0.6) is 0 Å². The number of fused-ring (bicyclic) bond motifs is 1. The SMILES string of the molecule is CC(C)(C)C(=O)NCCCC(=O)NCCc1nc2ccccc2[nH]1. The smallest absolute Gasteiger partial charge is 0.225 e. The number of benzene rings is 1. The first-order valence-electron chi connectivity index (χ1n) is 8.35. The second-order valence-corrected chi connectivity index (χ2v) is 6.91. The monoisotopic (exact) mass is 330 g/mol. The Morgan fingerprint density at radius 2 is 1.88 bits per heavy atom. The van der Waals surface area contributed by atoms with Gasteiger partial charge < -0.3 is 15.6 Å². The van der Waals surface area contributed by atoms with E-state index in [1.165, 1.54) is 0 Å². The van der Waals surface area contributed by atoms with Crippen molar-refractivity contribution in [3.05, 3.63) is 30.1 Å². The number of hydrogen-bond donors (Lipinski definition) is 3. The predicted molar refractivity (Wildman–Crippen MR) is 94.5 cm³/mol. The van der Waals surface area contributed by atoms with E-state index < -0.39 is 5.41 Å². The van der Waals surface area contributed by atoms with Crippen LogP contribution in [0.3, 0.4) is 0 Å². The van der Waals surface area contributed by atoms with Gasteiger partial charge in [-0.15, -0.1) is 0 Å². The van der Waals surface area contributed by atoms with Crippen molar-refractivity contribution in [2.75, 3.05) is 13.1 Å². The van der Waals surface area contributed by atoms with E-state index in [0.29, 0.717) is 32.4 Å². The molecule has 0 bridgehead atoms. The average Bonchev–Trinajstić information content (AvgIpc) is 2.93. The molecule has 6 nitrogen and oxygen atoms in total. The lowest BCUT2D eigenvalue weighted by atomic mass is 9.96. The summed E-state index contributed by atoms with van der Waals surface area (Å²) in [7, 11) is 0. The van der Waals surface area contributed by atoms with Gasteiger partial charge in [-0.1, -0.05) is 32.9 Å². The van der Waals surface area contributed by atoms with Gasteiger partial charge in [-0.25, -0.2) is 4.98 Å². The third-order valence-corrected chi connectivity index (χ3v) is 3.67. The number of carbonyl (C=O) groups is 2. The van der Waals surface area contributed by atoms with Gasteiger partial charge in [-0.3, -0.25) is 9.59 Å². The minimum atomic E-state index is -0.394. The quantitative estimate of drug-likeness (QED) is 0.680. The molecular formula is C18H26N4O2. The van der Waals surface area contributed by atoms with Crippen molar-refractivity contribution in [3.8, 4) is 0 Å². The molecule has 0 saturated carbocycles. The molecule has 0 aliphatic heterocycles. The summed E-state index contributed by atoms with van der Waals surface area (Å²) in [6.07, 6.45) is 1.71. The number of aromatic nitrogens is 2. The fourth-order valence-electron chi connectivity index (χ4n) is 2.25. The minimum Gasteiger partial charge on any atom is -0.356 e. The van der Waals surface area contributed by atoms with Crippen molar-refractivity contribution >= 4 is 22.8 Å². The number of para-hydroxylation sites is 2. The van der Waals surface area contributed by atoms with E-state index in [9.17, 15) is 9.59 Å². The van der Waals surface area contributed by atoms with Gasteiger partial charge in [0.25, 0.3) is 0 Å². The highest BCUT2D eigenvalue weighted by Gasteiger charge is 2.20. The summed E-state index contributed by atoms with van der Waals surface area (Å²) in [5, 5.41) is 5.72. The number of amides is 2. The van der Waals surface area contributed by atoms with Crippen LogP contribution in [0.2, 0.25) is 0 Å². The number of hydrogen-bond acceptors (Lipinski definition) is 3. The van der Waals surface area contributed by atoms with Gasteiger partial charge in [0.15, 0.2) is 0 Å². The molecule has 130 valence electrons. The van der Waals surface area contributed by atoms with E-state index in [-0.39, 0.29) is 11.8 Å². The van der Waals surface area contributed by atoms with Crippen LogP contribution < -0.4 is 10.6 Å². The van der Waals surface area contributed by atoms with Crippen LogP contribution >= 0.6 is 0 Å². The molecule has 2 aromatic rings. The van der Waals surface area contributed by atoms with Crippen LogP contribution in [-0.2, 0) is 16.0 Å². The summed E-state index contributed by atoms with van der Waals surface area (Å²) in [5.41, 5.74) is 1.55. The molecule has 2 rings (SSSR count). The van der Waals surface area contributed by atoms with Gasteiger partial charge in [0.2, 0.25) is 11.8 Å². The van der Waals surface area contributed by atoms with Crippen molar-refractivity contribution in [2.45, 2.75) is 40.0 Å². The standard InChI is InChI=1S/C18H26N4O2/c1-18(2,3)17(24)20-11-6-9-16(23)19-12-10-15-21-13-7-4-5-8-14(13)22-15/h4-5,7-8H,6,9-12H2,1-3H3,(H,19,23)(H,20,24)(H,21,22). The van der Waals surface area contributed by atoms with Gasteiger partial charge in [0, 0.05) is 31.3 Å². The Labute approximate surface area is 142 Å². The number of nitrogens with one attached hydrogen (secondary N) is 3. The largest absolute Gasteiger partial charge is 0.356 e. The molecular weight excluding hydrogens is 304 g/mol. The molecule has 3 N–H and O–H groups in total. The Bertz CT molecular complexity index is 667. The zero-order valence-electron chi connectivity index (χ0n) is 14.6. The lowest BCUT2D eigenvalue weighted by Gasteiger charge is -2.17. The van der Waals surface area contributed by atoms with E-state index in [2.05, 4.69) is 20.6 Å². The van der Waals surface area contributed by atoms with Crippen LogP contribution in [0.1, 0.15) is 39.4 Å². The molecule has 24 heavy (non-hydrogen) atoms. The van der Waals surface area contributed by atoms with Crippen LogP contribution in [0, 0.1) is 5.41 Å². The summed E-state index contributed by atoms with van der Waals surface area (Å²) in [4.78, 5) is 31.2. The van der Waals surface area contributed by atoms with Crippen LogP contribution in [0.25, 0.3) is 11.0 Å². The molecule has 0 radical (unpaired) electrons. The molecule has 6 heteroatoms. The zero-order valence-corrected chi connectivity index (χ0v) is 14.6. The molecule has 0 aliphatic carbocycles. The maximum Gasteiger partial charge on any atom is 0.225 e. The highest BCUT2D eigenvalue weighted by Crippen LogP contribution is 2.12. The van der Waals surface area contributed by atoms with Crippen LogP contribution in [0.15, 0.2) is 24.3 Å². The van der Waals surface area contributed by atoms with Crippen molar-refractivity contribution < 1.29 is 9.59 Å². The van der Waals surface area contributed by atoms with Crippen molar-refractivity contribution in [1.82, 2.24) is 20.6 Å². The van der Waals surface area contributed by atoms with Gasteiger partial charge in [-0.2, -0.15) is 0 Å². The molecule has 2 amide bonds. The summed E-state index contributed by atoms with van der Waals surface area (Å²) >= 11 is 0. The van der Waals surface area contributed by atoms with Gasteiger partial charge in [0.05, 0.1) is 11.0 Å². The molecule has 0 saturated heterocycles. The Morgan fingerprint density at radius 3 is 2.58 bits per heavy atom. The second-order valence-electron chi connectivity index (χ2n) is 6.91. The number of rotatable bonds is 7. The minimum absolute atomic E-state index is 0.00359. The van der Waals surface area contributed by atoms with Crippen molar-refractivity contribution in [1.29, 1.82) is 0 Å². The molecule has 1 heterocycles. The van der Waals surface area contributed by atoms with Gasteiger partial charge in [-0.05, 0) is 18.6 Å². The van der Waals surface area contributed by atoms with Crippen molar-refractivity contribution in [2.24, 2.45) is 5.41 Å². The number of nitrogens with zero attached hydrogens (tertiary/aromatic N) is 1. The number of carbonyl (C=O) groups excluding carboxylic acids is 2. The summed E-state index contributed by atoms with van der Waals surface area (Å²) < 4.78 is 0. The van der Waals surface area contributed by atoms with Crippen LogP contribution in [0.4, 0.5) is 0 Å². The molecule has 0 atom stereocenters. The fraction of sp³-hybridized carbons (Fsp3) is 0.500. The first-order chi connectivity index (χ1) is 11.4. The topological polar surface area (TPSA) is 86.9 Å². The maximum absolute atomic E-state index is 11.8. The predicted octanol–water partition coefficient (Wildman–Crippen LogP) is 2.16. The molecule has 0 spiro atoms. The maximum atomic E-state index is 11.8. The molecule has 1 aromatic heterocycles. The van der Waals surface area contributed by atoms with Gasteiger partial charge >= 0.3 is 0 Å². The average molecular weight is 330 g/mol. The normalized spacial score (nSPS) is 11.5. The summed E-state index contributed by atoms with van der Waals surface area (Å²) in [6, 6.07) is 7.85.